The maximum Gasteiger partial charge on any atom is 0.317 e. The third kappa shape index (κ3) is 7.70. The van der Waals surface area contributed by atoms with Crippen LogP contribution in [0.5, 0.6) is 11.5 Å². The van der Waals surface area contributed by atoms with Crippen molar-refractivity contribution in [3.63, 3.8) is 0 Å². The highest BCUT2D eigenvalue weighted by molar-refractivity contribution is 5.81. The van der Waals surface area contributed by atoms with Crippen molar-refractivity contribution in [2.45, 2.75) is 96.0 Å². The lowest BCUT2D eigenvalue weighted by atomic mass is 9.95. The number of esters is 1. The van der Waals surface area contributed by atoms with Crippen LogP contribution in [0, 0.1) is 10.8 Å². The Kier molecular flexibility index (Phi) is 9.25. The summed E-state index contributed by atoms with van der Waals surface area (Å²) in [6, 6.07) is 19.3. The number of allylic oxidation sites excluding steroid dienone is 1. The molecular formula is C32H42O4. The molecule has 0 aliphatic heterocycles. The molecule has 2 aromatic rings. The highest BCUT2D eigenvalue weighted by Gasteiger charge is 2.50. The standard InChI is InChI=1S/C32H42O4/c1-26(35-28-16-8-2-9-17-28)31(22-23-31)20-12-4-6-14-27(33)15-7-5-13-21-32(24-25-32)30(34)36-29-18-10-3-11-19-29/h2-3,8-11,16-19,27,33H,1,4-7,12-15,20-25H2. The number of hydrogen-bond donors (Lipinski definition) is 1. The molecule has 1 unspecified atom stereocenters. The molecule has 1 atom stereocenters. The summed E-state index contributed by atoms with van der Waals surface area (Å²) in [6.45, 7) is 4.22. The monoisotopic (exact) mass is 490 g/mol. The van der Waals surface area contributed by atoms with Crippen molar-refractivity contribution in [1.82, 2.24) is 0 Å². The van der Waals surface area contributed by atoms with Crippen LogP contribution in [0.15, 0.2) is 73.0 Å². The lowest BCUT2D eigenvalue weighted by molar-refractivity contribution is -0.140. The predicted molar refractivity (Wildman–Crippen MR) is 144 cm³/mol. The lowest BCUT2D eigenvalue weighted by Crippen LogP contribution is -2.22. The van der Waals surface area contributed by atoms with Gasteiger partial charge in [-0.2, -0.15) is 0 Å². The van der Waals surface area contributed by atoms with Crippen LogP contribution in [-0.4, -0.2) is 17.2 Å². The van der Waals surface area contributed by atoms with Crippen molar-refractivity contribution in [2.75, 3.05) is 0 Å². The van der Waals surface area contributed by atoms with E-state index in [1.165, 1.54) is 12.8 Å². The van der Waals surface area contributed by atoms with E-state index in [1.807, 2.05) is 60.7 Å². The van der Waals surface area contributed by atoms with E-state index < -0.39 is 0 Å². The summed E-state index contributed by atoms with van der Waals surface area (Å²) in [6.07, 6.45) is 14.2. The van der Waals surface area contributed by atoms with Crippen molar-refractivity contribution in [1.29, 1.82) is 0 Å². The molecule has 4 heteroatoms. The van der Waals surface area contributed by atoms with E-state index in [1.54, 1.807) is 0 Å². The van der Waals surface area contributed by atoms with Gasteiger partial charge >= 0.3 is 5.97 Å². The summed E-state index contributed by atoms with van der Waals surface area (Å²) in [5, 5.41) is 10.4. The molecule has 2 aromatic carbocycles. The van der Waals surface area contributed by atoms with Crippen molar-refractivity contribution in [3.8, 4) is 11.5 Å². The number of hydrogen-bond acceptors (Lipinski definition) is 4. The molecule has 2 saturated carbocycles. The van der Waals surface area contributed by atoms with Gasteiger partial charge in [0.15, 0.2) is 0 Å². The predicted octanol–water partition coefficient (Wildman–Crippen LogP) is 8.01. The van der Waals surface area contributed by atoms with Crippen LogP contribution in [0.2, 0.25) is 0 Å². The minimum atomic E-state index is -0.259. The van der Waals surface area contributed by atoms with E-state index >= 15 is 0 Å². The number of carbonyl (C=O) groups excluding carboxylic acids is 1. The molecule has 0 aromatic heterocycles. The maximum atomic E-state index is 12.6. The van der Waals surface area contributed by atoms with E-state index in [4.69, 9.17) is 9.47 Å². The molecule has 4 rings (SSSR count). The zero-order valence-corrected chi connectivity index (χ0v) is 21.6. The first-order chi connectivity index (χ1) is 17.5. The second kappa shape index (κ2) is 12.6. The number of carbonyl (C=O) groups is 1. The summed E-state index contributed by atoms with van der Waals surface area (Å²) in [5.41, 5.74) is -0.0916. The van der Waals surface area contributed by atoms with Crippen LogP contribution in [0.25, 0.3) is 0 Å². The fraction of sp³-hybridized carbons (Fsp3) is 0.531. The molecule has 1 N–H and O–H groups in total. The third-order valence-corrected chi connectivity index (χ3v) is 8.05. The van der Waals surface area contributed by atoms with Crippen molar-refractivity contribution in [2.24, 2.45) is 10.8 Å². The Balaban J connectivity index is 1.02. The molecule has 0 saturated heterocycles. The molecule has 36 heavy (non-hydrogen) atoms. The zero-order chi connectivity index (χ0) is 25.3. The first-order valence-corrected chi connectivity index (χ1v) is 13.9. The molecule has 0 bridgehead atoms. The number of rotatable bonds is 17. The zero-order valence-electron chi connectivity index (χ0n) is 21.6. The van der Waals surface area contributed by atoms with Crippen molar-refractivity contribution >= 4 is 5.97 Å². The first kappa shape index (κ1) is 26.5. The average molecular weight is 491 g/mol. The van der Waals surface area contributed by atoms with Gasteiger partial charge in [-0.1, -0.05) is 81.5 Å². The van der Waals surface area contributed by atoms with E-state index in [-0.39, 0.29) is 22.9 Å². The Morgan fingerprint density at radius 2 is 1.19 bits per heavy atom. The Morgan fingerprint density at radius 3 is 1.69 bits per heavy atom. The molecule has 0 radical (unpaired) electrons. The second-order valence-corrected chi connectivity index (χ2v) is 11.0. The van der Waals surface area contributed by atoms with Crippen LogP contribution in [0.1, 0.15) is 89.9 Å². The van der Waals surface area contributed by atoms with Gasteiger partial charge in [-0.15, -0.1) is 0 Å². The number of unbranched alkanes of at least 4 members (excludes halogenated alkanes) is 4. The van der Waals surface area contributed by atoms with E-state index in [0.717, 1.165) is 88.6 Å². The van der Waals surface area contributed by atoms with Crippen LogP contribution in [-0.2, 0) is 4.79 Å². The fourth-order valence-corrected chi connectivity index (χ4v) is 5.15. The Bertz CT molecular complexity index is 881. The van der Waals surface area contributed by atoms with Crippen molar-refractivity contribution < 1.29 is 19.4 Å². The largest absolute Gasteiger partial charge is 0.462 e. The normalized spacial score (nSPS) is 17.7. The second-order valence-electron chi connectivity index (χ2n) is 11.0. The Hall–Kier alpha value is -2.59. The molecule has 2 aliphatic carbocycles. The maximum absolute atomic E-state index is 12.6. The molecule has 0 amide bonds. The van der Waals surface area contributed by atoms with E-state index in [2.05, 4.69) is 6.58 Å². The quantitative estimate of drug-likeness (QED) is 0.106. The summed E-state index contributed by atoms with van der Waals surface area (Å²) >= 11 is 0. The van der Waals surface area contributed by atoms with Gasteiger partial charge < -0.3 is 14.6 Å². The van der Waals surface area contributed by atoms with Gasteiger partial charge in [-0.05, 0) is 75.6 Å². The van der Waals surface area contributed by atoms with Gasteiger partial charge in [0, 0.05) is 5.41 Å². The van der Waals surface area contributed by atoms with E-state index in [0.29, 0.717) is 5.75 Å². The van der Waals surface area contributed by atoms with E-state index in [9.17, 15) is 9.90 Å². The highest BCUT2D eigenvalue weighted by atomic mass is 16.5. The van der Waals surface area contributed by atoms with Crippen LogP contribution < -0.4 is 9.47 Å². The van der Waals surface area contributed by atoms with Gasteiger partial charge in [0.05, 0.1) is 11.5 Å². The summed E-state index contributed by atoms with van der Waals surface area (Å²) < 4.78 is 11.6. The Labute approximate surface area is 216 Å². The van der Waals surface area contributed by atoms with Crippen LogP contribution in [0.3, 0.4) is 0 Å². The molecule has 0 heterocycles. The van der Waals surface area contributed by atoms with Gasteiger partial charge in [0.2, 0.25) is 0 Å². The molecule has 0 spiro atoms. The SMILES string of the molecule is C=C(Oc1ccccc1)C1(CCCCCC(O)CCCCCC2(C(=O)Oc3ccccc3)CC2)CC1. The first-order valence-electron chi connectivity index (χ1n) is 13.9. The summed E-state index contributed by atoms with van der Waals surface area (Å²) in [7, 11) is 0. The molecule has 4 nitrogen and oxygen atoms in total. The smallest absolute Gasteiger partial charge is 0.317 e. The van der Waals surface area contributed by atoms with Crippen molar-refractivity contribution in [3.05, 3.63) is 73.0 Å². The Morgan fingerprint density at radius 1 is 0.722 bits per heavy atom. The van der Waals surface area contributed by atoms with Crippen LogP contribution >= 0.6 is 0 Å². The van der Waals surface area contributed by atoms with Gasteiger partial charge in [0.25, 0.3) is 0 Å². The van der Waals surface area contributed by atoms with Gasteiger partial charge in [-0.3, -0.25) is 4.79 Å². The number of aliphatic hydroxyl groups excluding tert-OH is 1. The number of para-hydroxylation sites is 2. The number of benzene rings is 2. The van der Waals surface area contributed by atoms with Crippen LogP contribution in [0.4, 0.5) is 0 Å². The molecule has 2 fully saturated rings. The lowest BCUT2D eigenvalue weighted by Gasteiger charge is -2.19. The minimum Gasteiger partial charge on any atom is -0.462 e. The van der Waals surface area contributed by atoms with Gasteiger partial charge in [-0.25, -0.2) is 0 Å². The minimum absolute atomic E-state index is 0.0723. The summed E-state index contributed by atoms with van der Waals surface area (Å²) in [5.74, 6) is 2.35. The fourth-order valence-electron chi connectivity index (χ4n) is 5.15. The highest BCUT2D eigenvalue weighted by Crippen LogP contribution is 2.55. The molecular weight excluding hydrogens is 448 g/mol. The van der Waals surface area contributed by atoms with Gasteiger partial charge in [0.1, 0.15) is 17.3 Å². The topological polar surface area (TPSA) is 55.8 Å². The number of aliphatic hydroxyl groups is 1. The average Bonchev–Trinajstić information content (AvgIpc) is 3.81. The molecule has 194 valence electrons. The summed E-state index contributed by atoms with van der Waals surface area (Å²) in [4.78, 5) is 12.6. The third-order valence-electron chi connectivity index (χ3n) is 8.05. The molecule has 2 aliphatic rings. The number of ether oxygens (including phenoxy) is 2.